The first-order valence-electron chi connectivity index (χ1n) is 7.38. The average molecular weight is 245 g/mol. The van der Waals surface area contributed by atoms with E-state index in [4.69, 9.17) is 0 Å². The van der Waals surface area contributed by atoms with E-state index in [1.807, 2.05) is 0 Å². The number of nitrogens with one attached hydrogen (secondary N) is 1. The average Bonchev–Trinajstić information content (AvgIpc) is 2.78. The summed E-state index contributed by atoms with van der Waals surface area (Å²) in [5.41, 5.74) is 4.84. The summed E-state index contributed by atoms with van der Waals surface area (Å²) in [5, 5.41) is 3.75. The Balaban J connectivity index is 2.38. The highest BCUT2D eigenvalue weighted by Gasteiger charge is 2.37. The van der Waals surface area contributed by atoms with Gasteiger partial charge in [0, 0.05) is 6.04 Å². The molecule has 1 aromatic carbocycles. The van der Waals surface area contributed by atoms with Gasteiger partial charge < -0.3 is 5.32 Å². The lowest BCUT2D eigenvalue weighted by Gasteiger charge is -2.36. The fraction of sp³-hybridized carbons (Fsp3) is 0.647. The lowest BCUT2D eigenvalue weighted by Crippen LogP contribution is -2.35. The van der Waals surface area contributed by atoms with E-state index >= 15 is 0 Å². The minimum absolute atomic E-state index is 0.439. The molecule has 1 heteroatoms. The molecule has 0 heterocycles. The highest BCUT2D eigenvalue weighted by atomic mass is 14.9. The van der Waals surface area contributed by atoms with Gasteiger partial charge in [-0.1, -0.05) is 44.9 Å². The molecule has 18 heavy (non-hydrogen) atoms. The number of benzene rings is 1. The zero-order chi connectivity index (χ0) is 13.2. The number of hydrogen-bond donors (Lipinski definition) is 1. The number of rotatable bonds is 4. The molecule has 1 saturated carbocycles. The molecule has 2 rings (SSSR count). The molecule has 100 valence electrons. The number of aryl methyl sites for hydroxylation is 1. The normalized spacial score (nSPS) is 20.0. The minimum Gasteiger partial charge on any atom is -0.310 e. The maximum Gasteiger partial charge on any atom is 0.0377 e. The maximum absolute atomic E-state index is 3.75. The summed E-state index contributed by atoms with van der Waals surface area (Å²) in [4.78, 5) is 0. The first kappa shape index (κ1) is 13.6. The molecule has 1 aliphatic rings. The SMILES string of the molecule is CCNC(c1cccc(C)c1C)C1(C)CCCC1. The Morgan fingerprint density at radius 2 is 1.89 bits per heavy atom. The van der Waals surface area contributed by atoms with Crippen LogP contribution < -0.4 is 5.32 Å². The number of hydrogen-bond acceptors (Lipinski definition) is 1. The van der Waals surface area contributed by atoms with Gasteiger partial charge in [-0.05, 0) is 55.3 Å². The zero-order valence-corrected chi connectivity index (χ0v) is 12.3. The van der Waals surface area contributed by atoms with Crippen molar-refractivity contribution in [2.24, 2.45) is 5.41 Å². The van der Waals surface area contributed by atoms with E-state index in [0.717, 1.165) is 6.54 Å². The molecule has 0 radical (unpaired) electrons. The fourth-order valence-electron chi connectivity index (χ4n) is 3.49. The second kappa shape index (κ2) is 5.44. The summed E-state index contributed by atoms with van der Waals surface area (Å²) in [5.74, 6) is 0. The monoisotopic (exact) mass is 245 g/mol. The second-order valence-corrected chi connectivity index (χ2v) is 6.14. The maximum atomic E-state index is 3.75. The molecular formula is C17H27N. The van der Waals surface area contributed by atoms with Crippen molar-refractivity contribution in [3.05, 3.63) is 34.9 Å². The molecule has 0 spiro atoms. The molecular weight excluding hydrogens is 218 g/mol. The highest BCUT2D eigenvalue weighted by molar-refractivity contribution is 5.36. The molecule has 1 N–H and O–H groups in total. The van der Waals surface area contributed by atoms with Crippen LogP contribution in [-0.4, -0.2) is 6.54 Å². The van der Waals surface area contributed by atoms with Crippen LogP contribution in [0.25, 0.3) is 0 Å². The minimum atomic E-state index is 0.439. The largest absolute Gasteiger partial charge is 0.310 e. The van der Waals surface area contributed by atoms with Crippen molar-refractivity contribution in [2.75, 3.05) is 6.54 Å². The van der Waals surface area contributed by atoms with E-state index in [2.05, 4.69) is 51.2 Å². The van der Waals surface area contributed by atoms with Crippen LogP contribution in [-0.2, 0) is 0 Å². The van der Waals surface area contributed by atoms with Crippen LogP contribution in [0.3, 0.4) is 0 Å². The van der Waals surface area contributed by atoms with Gasteiger partial charge in [-0.2, -0.15) is 0 Å². The molecule has 0 aliphatic heterocycles. The molecule has 1 aliphatic carbocycles. The first-order valence-corrected chi connectivity index (χ1v) is 7.38. The topological polar surface area (TPSA) is 12.0 Å². The summed E-state index contributed by atoms with van der Waals surface area (Å²) in [6.07, 6.45) is 5.50. The zero-order valence-electron chi connectivity index (χ0n) is 12.3. The predicted molar refractivity (Wildman–Crippen MR) is 78.9 cm³/mol. The third-order valence-corrected chi connectivity index (χ3v) is 4.81. The fourth-order valence-corrected chi connectivity index (χ4v) is 3.49. The van der Waals surface area contributed by atoms with Gasteiger partial charge in [-0.25, -0.2) is 0 Å². The Morgan fingerprint density at radius 1 is 1.22 bits per heavy atom. The van der Waals surface area contributed by atoms with E-state index in [9.17, 15) is 0 Å². The van der Waals surface area contributed by atoms with Gasteiger partial charge in [0.25, 0.3) is 0 Å². The van der Waals surface area contributed by atoms with Crippen molar-refractivity contribution >= 4 is 0 Å². The molecule has 1 unspecified atom stereocenters. The molecule has 1 nitrogen and oxygen atoms in total. The van der Waals surface area contributed by atoms with E-state index in [1.165, 1.54) is 42.4 Å². The van der Waals surface area contributed by atoms with E-state index < -0.39 is 0 Å². The van der Waals surface area contributed by atoms with Crippen molar-refractivity contribution in [3.8, 4) is 0 Å². The summed E-state index contributed by atoms with van der Waals surface area (Å²) in [6.45, 7) is 10.2. The lowest BCUT2D eigenvalue weighted by molar-refractivity contribution is 0.225. The van der Waals surface area contributed by atoms with Crippen LogP contribution in [0.4, 0.5) is 0 Å². The van der Waals surface area contributed by atoms with Crippen LogP contribution in [0.1, 0.15) is 62.3 Å². The second-order valence-electron chi connectivity index (χ2n) is 6.14. The Morgan fingerprint density at radius 3 is 2.50 bits per heavy atom. The standard InChI is InChI=1S/C17H27N/c1-5-18-16(17(4)11-6-7-12-17)15-10-8-9-13(2)14(15)3/h8-10,16,18H,5-7,11-12H2,1-4H3. The van der Waals surface area contributed by atoms with E-state index in [0.29, 0.717) is 11.5 Å². The van der Waals surface area contributed by atoms with Crippen molar-refractivity contribution in [3.63, 3.8) is 0 Å². The molecule has 0 aromatic heterocycles. The van der Waals surface area contributed by atoms with Crippen LogP contribution in [0, 0.1) is 19.3 Å². The van der Waals surface area contributed by atoms with Crippen LogP contribution in [0.15, 0.2) is 18.2 Å². The molecule has 0 bridgehead atoms. The van der Waals surface area contributed by atoms with Crippen molar-refractivity contribution in [2.45, 2.75) is 59.4 Å². The first-order chi connectivity index (χ1) is 8.58. The Bertz CT molecular complexity index is 402. The summed E-state index contributed by atoms with van der Waals surface area (Å²) in [7, 11) is 0. The lowest BCUT2D eigenvalue weighted by atomic mass is 9.75. The van der Waals surface area contributed by atoms with Crippen molar-refractivity contribution in [1.29, 1.82) is 0 Å². The van der Waals surface area contributed by atoms with Gasteiger partial charge in [0.2, 0.25) is 0 Å². The van der Waals surface area contributed by atoms with Crippen LogP contribution in [0.5, 0.6) is 0 Å². The Labute approximate surface area is 112 Å². The van der Waals surface area contributed by atoms with Gasteiger partial charge in [-0.15, -0.1) is 0 Å². The Kier molecular flexibility index (Phi) is 4.11. The van der Waals surface area contributed by atoms with Crippen molar-refractivity contribution < 1.29 is 0 Å². The molecule has 0 amide bonds. The summed E-state index contributed by atoms with van der Waals surface area (Å²) < 4.78 is 0. The summed E-state index contributed by atoms with van der Waals surface area (Å²) in [6, 6.07) is 7.27. The van der Waals surface area contributed by atoms with Gasteiger partial charge in [0.05, 0.1) is 0 Å². The van der Waals surface area contributed by atoms with Crippen LogP contribution in [0.2, 0.25) is 0 Å². The molecule has 1 fully saturated rings. The van der Waals surface area contributed by atoms with Gasteiger partial charge in [0.15, 0.2) is 0 Å². The Hall–Kier alpha value is -0.820. The third-order valence-electron chi connectivity index (χ3n) is 4.81. The van der Waals surface area contributed by atoms with Crippen molar-refractivity contribution in [1.82, 2.24) is 5.32 Å². The summed E-state index contributed by atoms with van der Waals surface area (Å²) >= 11 is 0. The van der Waals surface area contributed by atoms with Gasteiger partial charge in [0.1, 0.15) is 0 Å². The highest BCUT2D eigenvalue weighted by Crippen LogP contribution is 2.47. The van der Waals surface area contributed by atoms with E-state index in [1.54, 1.807) is 0 Å². The third kappa shape index (κ3) is 2.47. The molecule has 1 aromatic rings. The molecule has 1 atom stereocenters. The quantitative estimate of drug-likeness (QED) is 0.821. The van der Waals surface area contributed by atoms with E-state index in [-0.39, 0.29) is 0 Å². The smallest absolute Gasteiger partial charge is 0.0377 e. The van der Waals surface area contributed by atoms with Gasteiger partial charge >= 0.3 is 0 Å². The molecule has 0 saturated heterocycles. The van der Waals surface area contributed by atoms with Crippen LogP contribution >= 0.6 is 0 Å². The van der Waals surface area contributed by atoms with Gasteiger partial charge in [-0.3, -0.25) is 0 Å². The predicted octanol–water partition coefficient (Wildman–Crippen LogP) is 4.53.